The van der Waals surface area contributed by atoms with E-state index in [0.29, 0.717) is 11.4 Å². The number of para-hydroxylation sites is 1. The molecule has 100 valence electrons. The van der Waals surface area contributed by atoms with E-state index in [2.05, 4.69) is 0 Å². The van der Waals surface area contributed by atoms with Gasteiger partial charge in [0.15, 0.2) is 0 Å². The zero-order chi connectivity index (χ0) is 14.0. The van der Waals surface area contributed by atoms with Crippen LogP contribution in [0.2, 0.25) is 0 Å². The lowest BCUT2D eigenvalue weighted by molar-refractivity contribution is -0.142. The van der Waals surface area contributed by atoms with Crippen LogP contribution in [-0.2, 0) is 14.3 Å². The molecule has 6 heteroatoms. The molecule has 1 aromatic carbocycles. The van der Waals surface area contributed by atoms with Crippen LogP contribution in [0.4, 0.5) is 5.69 Å². The Balaban J connectivity index is 2.40. The number of carbonyl (C=O) groups is 3. The third-order valence-electron chi connectivity index (χ3n) is 2.77. The predicted molar refractivity (Wildman–Crippen MR) is 66.3 cm³/mol. The van der Waals surface area contributed by atoms with E-state index < -0.39 is 17.7 Å². The summed E-state index contributed by atoms with van der Waals surface area (Å²) in [6.45, 7) is 1.59. The van der Waals surface area contributed by atoms with Crippen molar-refractivity contribution in [1.82, 2.24) is 0 Å². The summed E-state index contributed by atoms with van der Waals surface area (Å²) in [5, 5.41) is 0. The quantitative estimate of drug-likeness (QED) is 0.593. The number of rotatable bonds is 4. The van der Waals surface area contributed by atoms with Crippen molar-refractivity contribution in [1.29, 1.82) is 0 Å². The van der Waals surface area contributed by atoms with Gasteiger partial charge in [-0.1, -0.05) is 6.07 Å². The summed E-state index contributed by atoms with van der Waals surface area (Å²) in [7, 11) is 1.44. The van der Waals surface area contributed by atoms with Gasteiger partial charge in [-0.05, 0) is 19.1 Å². The fourth-order valence-electron chi connectivity index (χ4n) is 1.97. The molecule has 0 aromatic heterocycles. The predicted octanol–water partition coefficient (Wildman–Crippen LogP) is 0.788. The number of fused-ring (bicyclic) bond motifs is 1. The molecule has 0 unspecified atom stereocenters. The fourth-order valence-corrected chi connectivity index (χ4v) is 1.97. The first kappa shape index (κ1) is 13.1. The number of ether oxygens (including phenoxy) is 2. The lowest BCUT2D eigenvalue weighted by Crippen LogP contribution is -2.35. The Kier molecular flexibility index (Phi) is 3.50. The highest BCUT2D eigenvalue weighted by atomic mass is 16.5. The van der Waals surface area contributed by atoms with Gasteiger partial charge < -0.3 is 9.47 Å². The van der Waals surface area contributed by atoms with E-state index in [1.54, 1.807) is 19.1 Å². The molecule has 1 aliphatic rings. The Morgan fingerprint density at radius 2 is 2.05 bits per heavy atom. The molecule has 0 atom stereocenters. The summed E-state index contributed by atoms with van der Waals surface area (Å²) >= 11 is 0. The van der Waals surface area contributed by atoms with Crippen LogP contribution < -0.4 is 9.64 Å². The van der Waals surface area contributed by atoms with Gasteiger partial charge in [0.2, 0.25) is 0 Å². The SMILES string of the molecule is CCOC(=O)CN1C(=O)C(=O)c2cccc(OC)c21. The molecular formula is C13H13NO5. The molecule has 0 saturated carbocycles. The molecule has 0 spiro atoms. The van der Waals surface area contributed by atoms with Crippen molar-refractivity contribution in [2.24, 2.45) is 0 Å². The second kappa shape index (κ2) is 5.09. The van der Waals surface area contributed by atoms with Gasteiger partial charge in [-0.15, -0.1) is 0 Å². The minimum Gasteiger partial charge on any atom is -0.495 e. The molecule has 1 aliphatic heterocycles. The number of methoxy groups -OCH3 is 1. The highest BCUT2D eigenvalue weighted by Crippen LogP contribution is 2.37. The maximum atomic E-state index is 11.9. The van der Waals surface area contributed by atoms with Crippen LogP contribution in [0.5, 0.6) is 5.75 Å². The summed E-state index contributed by atoms with van der Waals surface area (Å²) in [4.78, 5) is 36.3. The van der Waals surface area contributed by atoms with Crippen molar-refractivity contribution >= 4 is 23.3 Å². The van der Waals surface area contributed by atoms with Gasteiger partial charge in [-0.25, -0.2) is 0 Å². The summed E-state index contributed by atoms with van der Waals surface area (Å²) in [6.07, 6.45) is 0. The van der Waals surface area contributed by atoms with Crippen LogP contribution in [0.15, 0.2) is 18.2 Å². The molecule has 0 radical (unpaired) electrons. The second-order valence-corrected chi connectivity index (χ2v) is 3.88. The summed E-state index contributed by atoms with van der Waals surface area (Å²) in [5.41, 5.74) is 0.571. The number of ketones is 1. The molecule has 0 N–H and O–H groups in total. The Bertz CT molecular complexity index is 552. The van der Waals surface area contributed by atoms with Crippen molar-refractivity contribution in [3.63, 3.8) is 0 Å². The van der Waals surface area contributed by atoms with E-state index in [-0.39, 0.29) is 18.7 Å². The number of nitrogens with zero attached hydrogens (tertiary/aromatic N) is 1. The van der Waals surface area contributed by atoms with Crippen molar-refractivity contribution in [2.75, 3.05) is 25.2 Å². The van der Waals surface area contributed by atoms with E-state index in [1.165, 1.54) is 13.2 Å². The van der Waals surface area contributed by atoms with Crippen molar-refractivity contribution in [3.8, 4) is 5.75 Å². The zero-order valence-corrected chi connectivity index (χ0v) is 10.6. The third-order valence-corrected chi connectivity index (χ3v) is 2.77. The number of benzene rings is 1. The molecule has 0 fully saturated rings. The minimum absolute atomic E-state index is 0.216. The van der Waals surface area contributed by atoms with Crippen LogP contribution in [-0.4, -0.2) is 37.9 Å². The van der Waals surface area contributed by atoms with Gasteiger partial charge in [0, 0.05) is 0 Å². The van der Waals surface area contributed by atoms with Gasteiger partial charge in [0.05, 0.1) is 25.0 Å². The lowest BCUT2D eigenvalue weighted by Gasteiger charge is -2.17. The standard InChI is InChI=1S/C13H13NO5/c1-3-19-10(15)7-14-11-8(12(16)13(14)17)5-4-6-9(11)18-2/h4-6H,3,7H2,1-2H3. The van der Waals surface area contributed by atoms with Crippen molar-refractivity contribution in [3.05, 3.63) is 23.8 Å². The van der Waals surface area contributed by atoms with E-state index in [0.717, 1.165) is 4.90 Å². The second-order valence-electron chi connectivity index (χ2n) is 3.88. The average molecular weight is 263 g/mol. The number of hydrogen-bond donors (Lipinski definition) is 0. The largest absolute Gasteiger partial charge is 0.495 e. The van der Waals surface area contributed by atoms with Crippen LogP contribution >= 0.6 is 0 Å². The minimum atomic E-state index is -0.743. The smallest absolute Gasteiger partial charge is 0.326 e. The number of amides is 1. The average Bonchev–Trinajstić information content (AvgIpc) is 2.64. The molecule has 6 nitrogen and oxygen atoms in total. The van der Waals surface area contributed by atoms with Gasteiger partial charge in [-0.2, -0.15) is 0 Å². The number of esters is 1. The Labute approximate surface area is 109 Å². The zero-order valence-electron chi connectivity index (χ0n) is 10.6. The van der Waals surface area contributed by atoms with Gasteiger partial charge >= 0.3 is 5.97 Å². The van der Waals surface area contributed by atoms with Crippen LogP contribution in [0.1, 0.15) is 17.3 Å². The summed E-state index contributed by atoms with van der Waals surface area (Å²) in [5.74, 6) is -1.57. The molecule has 1 amide bonds. The van der Waals surface area contributed by atoms with Gasteiger partial charge in [0.25, 0.3) is 11.7 Å². The van der Waals surface area contributed by atoms with Gasteiger partial charge in [-0.3, -0.25) is 19.3 Å². The Morgan fingerprint density at radius 1 is 1.32 bits per heavy atom. The third kappa shape index (κ3) is 2.16. The molecule has 0 aliphatic carbocycles. The maximum absolute atomic E-state index is 11.9. The molecule has 0 bridgehead atoms. The lowest BCUT2D eigenvalue weighted by atomic mass is 10.1. The van der Waals surface area contributed by atoms with Gasteiger partial charge in [0.1, 0.15) is 12.3 Å². The Hall–Kier alpha value is -2.37. The van der Waals surface area contributed by atoms with E-state index in [4.69, 9.17) is 9.47 Å². The highest BCUT2D eigenvalue weighted by molar-refractivity contribution is 6.53. The first-order valence-electron chi connectivity index (χ1n) is 5.79. The van der Waals surface area contributed by atoms with Crippen LogP contribution in [0.25, 0.3) is 0 Å². The number of Topliss-reactive ketones (excluding diaryl/α,β-unsaturated/α-hetero) is 1. The normalized spacial score (nSPS) is 13.5. The van der Waals surface area contributed by atoms with Crippen molar-refractivity contribution in [2.45, 2.75) is 6.92 Å². The van der Waals surface area contributed by atoms with Crippen LogP contribution in [0.3, 0.4) is 0 Å². The molecule has 0 saturated heterocycles. The molecule has 2 rings (SSSR count). The molecule has 1 heterocycles. The summed E-state index contributed by atoms with van der Waals surface area (Å²) < 4.78 is 9.92. The van der Waals surface area contributed by atoms with Crippen LogP contribution in [0, 0.1) is 0 Å². The fraction of sp³-hybridized carbons (Fsp3) is 0.308. The maximum Gasteiger partial charge on any atom is 0.326 e. The van der Waals surface area contributed by atoms with Crippen molar-refractivity contribution < 1.29 is 23.9 Å². The first-order valence-corrected chi connectivity index (χ1v) is 5.79. The first-order chi connectivity index (χ1) is 9.10. The number of anilines is 1. The number of carbonyl (C=O) groups excluding carboxylic acids is 3. The monoisotopic (exact) mass is 263 g/mol. The molecule has 19 heavy (non-hydrogen) atoms. The topological polar surface area (TPSA) is 72.9 Å². The van der Waals surface area contributed by atoms with E-state index in [1.807, 2.05) is 0 Å². The van der Waals surface area contributed by atoms with E-state index >= 15 is 0 Å². The van der Waals surface area contributed by atoms with E-state index in [9.17, 15) is 14.4 Å². The molecule has 1 aromatic rings. The highest BCUT2D eigenvalue weighted by Gasteiger charge is 2.39. The molecular weight excluding hydrogens is 250 g/mol. The Morgan fingerprint density at radius 3 is 2.68 bits per heavy atom. The number of hydrogen-bond acceptors (Lipinski definition) is 5. The summed E-state index contributed by atoms with van der Waals surface area (Å²) in [6, 6.07) is 4.78.